The summed E-state index contributed by atoms with van der Waals surface area (Å²) in [4.78, 5) is 11.2. The molecule has 0 spiro atoms. The van der Waals surface area contributed by atoms with E-state index in [-0.39, 0.29) is 28.3 Å². The number of esters is 1. The zero-order valence-corrected chi connectivity index (χ0v) is 13.3. The third kappa shape index (κ3) is 6.05. The molecule has 0 atom stereocenters. The topological polar surface area (TPSA) is 70.3 Å². The summed E-state index contributed by atoms with van der Waals surface area (Å²) in [5.41, 5.74) is 0.0617. The Hall–Kier alpha value is -1.73. The molecule has 0 aliphatic heterocycles. The van der Waals surface area contributed by atoms with Crippen LogP contribution in [0.4, 0.5) is 0 Å². The fourth-order valence-electron chi connectivity index (χ4n) is 1.62. The van der Waals surface area contributed by atoms with Crippen molar-refractivity contribution in [3.63, 3.8) is 0 Å². The maximum atomic E-state index is 11.2. The van der Waals surface area contributed by atoms with Gasteiger partial charge in [0.1, 0.15) is 17.4 Å². The van der Waals surface area contributed by atoms with E-state index >= 15 is 0 Å². The first kappa shape index (κ1) is 17.3. The Kier molecular flexibility index (Phi) is 6.04. The van der Waals surface area contributed by atoms with E-state index in [9.17, 15) is 4.79 Å². The highest BCUT2D eigenvalue weighted by Gasteiger charge is 2.29. The van der Waals surface area contributed by atoms with E-state index in [2.05, 4.69) is 0 Å². The number of nitrogens with zero attached hydrogens (tertiary/aromatic N) is 1. The molecule has 0 radical (unpaired) electrons. The van der Waals surface area contributed by atoms with Gasteiger partial charge in [0.05, 0.1) is 16.5 Å². The van der Waals surface area contributed by atoms with Gasteiger partial charge in [-0.25, -0.2) is 0 Å². The van der Waals surface area contributed by atoms with Crippen LogP contribution in [0.25, 0.3) is 0 Å². The molecular weight excluding hydrogens is 290 g/mol. The molecule has 1 N–H and O–H groups in total. The number of nitriles is 1. The summed E-state index contributed by atoms with van der Waals surface area (Å²) in [7, 11) is 0. The van der Waals surface area contributed by atoms with Gasteiger partial charge in [0.2, 0.25) is 0 Å². The molecule has 4 nitrogen and oxygen atoms in total. The van der Waals surface area contributed by atoms with Crippen molar-refractivity contribution in [2.45, 2.75) is 45.6 Å². The Bertz CT molecular complexity index is 539. The fraction of sp³-hybridized carbons (Fsp3) is 0.500. The average molecular weight is 310 g/mol. The molecule has 0 unspecified atom stereocenters. The Balaban J connectivity index is 0.000000211. The number of rotatable bonds is 1. The highest BCUT2D eigenvalue weighted by molar-refractivity contribution is 6.31. The molecule has 1 aliphatic carbocycles. The van der Waals surface area contributed by atoms with Gasteiger partial charge in [-0.2, -0.15) is 5.26 Å². The number of hydrogen-bond acceptors (Lipinski definition) is 4. The standard InChI is InChI=1S/C9H16O2.C7H4ClNO/c1-9(2,3)11-8(10)7-5-4-6-7;8-7-3-6(10)2-1-5(7)4-9/h7H,4-6H2,1-3H3;1-3,10H. The zero-order valence-electron chi connectivity index (χ0n) is 12.5. The summed E-state index contributed by atoms with van der Waals surface area (Å²) < 4.78 is 5.20. The van der Waals surface area contributed by atoms with Crippen molar-refractivity contribution >= 4 is 17.6 Å². The second-order valence-electron chi connectivity index (χ2n) is 5.94. The summed E-state index contributed by atoms with van der Waals surface area (Å²) in [5.74, 6) is 0.266. The van der Waals surface area contributed by atoms with Gasteiger partial charge in [-0.05, 0) is 51.8 Å². The lowest BCUT2D eigenvalue weighted by molar-refractivity contribution is -0.162. The number of phenols is 1. The maximum absolute atomic E-state index is 11.2. The lowest BCUT2D eigenvalue weighted by Crippen LogP contribution is -2.31. The van der Waals surface area contributed by atoms with Crippen LogP contribution in [0.3, 0.4) is 0 Å². The van der Waals surface area contributed by atoms with E-state index in [1.54, 1.807) is 0 Å². The molecule has 1 saturated carbocycles. The zero-order chi connectivity index (χ0) is 16.0. The molecule has 2 rings (SSSR count). The monoisotopic (exact) mass is 309 g/mol. The van der Waals surface area contributed by atoms with Crippen molar-refractivity contribution in [3.05, 3.63) is 28.8 Å². The highest BCUT2D eigenvalue weighted by Crippen LogP contribution is 2.28. The Morgan fingerprint density at radius 2 is 2.05 bits per heavy atom. The molecule has 5 heteroatoms. The number of phenolic OH excluding ortho intramolecular Hbond substituents is 1. The number of aromatic hydroxyl groups is 1. The lowest BCUT2D eigenvalue weighted by Gasteiger charge is -2.28. The summed E-state index contributed by atoms with van der Waals surface area (Å²) in [6.07, 6.45) is 3.23. The van der Waals surface area contributed by atoms with Gasteiger partial charge >= 0.3 is 5.97 Å². The normalized spacial score (nSPS) is 14.2. The summed E-state index contributed by atoms with van der Waals surface area (Å²) in [6, 6.07) is 6.10. The number of carbonyl (C=O) groups is 1. The average Bonchev–Trinajstić information content (AvgIpc) is 2.24. The number of benzene rings is 1. The van der Waals surface area contributed by atoms with Gasteiger partial charge in [0.25, 0.3) is 0 Å². The molecule has 0 heterocycles. The predicted molar refractivity (Wildman–Crippen MR) is 81.0 cm³/mol. The van der Waals surface area contributed by atoms with Crippen molar-refractivity contribution in [2.75, 3.05) is 0 Å². The lowest BCUT2D eigenvalue weighted by atomic mass is 9.85. The third-order valence-electron chi connectivity index (χ3n) is 2.92. The van der Waals surface area contributed by atoms with Gasteiger partial charge in [0, 0.05) is 0 Å². The van der Waals surface area contributed by atoms with Crippen molar-refractivity contribution in [1.82, 2.24) is 0 Å². The molecule has 21 heavy (non-hydrogen) atoms. The Labute approximate surface area is 130 Å². The molecule has 0 amide bonds. The van der Waals surface area contributed by atoms with Crippen LogP contribution < -0.4 is 0 Å². The Morgan fingerprint density at radius 1 is 1.43 bits per heavy atom. The molecule has 1 aliphatic rings. The number of hydrogen-bond donors (Lipinski definition) is 1. The van der Waals surface area contributed by atoms with Crippen molar-refractivity contribution < 1.29 is 14.6 Å². The van der Waals surface area contributed by atoms with E-state index in [0.717, 1.165) is 12.8 Å². The molecule has 1 fully saturated rings. The molecule has 1 aromatic rings. The molecule has 0 bridgehead atoms. The maximum Gasteiger partial charge on any atom is 0.309 e. The molecule has 1 aromatic carbocycles. The predicted octanol–water partition coefficient (Wildman–Crippen LogP) is 4.05. The first-order chi connectivity index (χ1) is 9.73. The quantitative estimate of drug-likeness (QED) is 0.795. The molecule has 0 aromatic heterocycles. The summed E-state index contributed by atoms with van der Waals surface area (Å²) in [5, 5.41) is 17.5. The molecule has 0 saturated heterocycles. The van der Waals surface area contributed by atoms with Gasteiger partial charge in [0.15, 0.2) is 0 Å². The van der Waals surface area contributed by atoms with E-state index in [0.29, 0.717) is 5.56 Å². The number of ether oxygens (including phenoxy) is 1. The first-order valence-electron chi connectivity index (χ1n) is 6.84. The molecular formula is C16H20ClNO3. The van der Waals surface area contributed by atoms with E-state index in [1.807, 2.05) is 26.8 Å². The van der Waals surface area contributed by atoms with Crippen LogP contribution in [-0.2, 0) is 9.53 Å². The Morgan fingerprint density at radius 3 is 2.43 bits per heavy atom. The van der Waals surface area contributed by atoms with E-state index in [4.69, 9.17) is 26.7 Å². The van der Waals surface area contributed by atoms with Crippen LogP contribution >= 0.6 is 11.6 Å². The fourth-order valence-corrected chi connectivity index (χ4v) is 1.84. The van der Waals surface area contributed by atoms with Gasteiger partial charge in [-0.3, -0.25) is 4.79 Å². The second kappa shape index (κ2) is 7.33. The van der Waals surface area contributed by atoms with Crippen LogP contribution in [0.15, 0.2) is 18.2 Å². The first-order valence-corrected chi connectivity index (χ1v) is 7.22. The van der Waals surface area contributed by atoms with Crippen LogP contribution in [-0.4, -0.2) is 16.7 Å². The van der Waals surface area contributed by atoms with Gasteiger partial charge < -0.3 is 9.84 Å². The highest BCUT2D eigenvalue weighted by atomic mass is 35.5. The van der Waals surface area contributed by atoms with Gasteiger partial charge in [-0.15, -0.1) is 0 Å². The minimum absolute atomic E-state index is 0.0104. The molecule has 114 valence electrons. The SMILES string of the molecule is CC(C)(C)OC(=O)C1CCC1.N#Cc1ccc(O)cc1Cl. The van der Waals surface area contributed by atoms with Crippen molar-refractivity contribution in [2.24, 2.45) is 5.92 Å². The minimum Gasteiger partial charge on any atom is -0.508 e. The second-order valence-corrected chi connectivity index (χ2v) is 6.34. The third-order valence-corrected chi connectivity index (χ3v) is 3.23. The van der Waals surface area contributed by atoms with Crippen molar-refractivity contribution in [1.29, 1.82) is 5.26 Å². The number of halogens is 1. The van der Waals surface area contributed by atoms with Gasteiger partial charge in [-0.1, -0.05) is 18.0 Å². The van der Waals surface area contributed by atoms with Crippen LogP contribution in [0.5, 0.6) is 5.75 Å². The summed E-state index contributed by atoms with van der Waals surface area (Å²) >= 11 is 5.55. The van der Waals surface area contributed by atoms with Crippen molar-refractivity contribution in [3.8, 4) is 11.8 Å². The van der Waals surface area contributed by atoms with Crippen LogP contribution in [0, 0.1) is 17.2 Å². The van der Waals surface area contributed by atoms with Crippen LogP contribution in [0.2, 0.25) is 5.02 Å². The smallest absolute Gasteiger partial charge is 0.309 e. The van der Waals surface area contributed by atoms with E-state index < -0.39 is 0 Å². The minimum atomic E-state index is -0.313. The summed E-state index contributed by atoms with van der Waals surface area (Å²) in [6.45, 7) is 5.72. The van der Waals surface area contributed by atoms with E-state index in [1.165, 1.54) is 24.6 Å². The number of carbonyl (C=O) groups excluding carboxylic acids is 1. The van der Waals surface area contributed by atoms with Crippen LogP contribution in [0.1, 0.15) is 45.6 Å². The largest absolute Gasteiger partial charge is 0.508 e.